The number of nitrogens with one attached hydrogen (secondary N) is 3. The third kappa shape index (κ3) is 7.93. The molecule has 0 saturated carbocycles. The fourth-order valence-corrected chi connectivity index (χ4v) is 4.72. The number of nitro benzene ring substituents is 1. The van der Waals surface area contributed by atoms with E-state index in [0.29, 0.717) is 44.2 Å². The molecule has 1 aliphatic heterocycles. The Morgan fingerprint density at radius 3 is 2.48 bits per heavy atom. The second-order valence-corrected chi connectivity index (χ2v) is 10.3. The van der Waals surface area contributed by atoms with Crippen molar-refractivity contribution in [2.75, 3.05) is 74.3 Å². The summed E-state index contributed by atoms with van der Waals surface area (Å²) in [5.41, 5.74) is 0.959. The van der Waals surface area contributed by atoms with Crippen molar-refractivity contribution in [3.63, 3.8) is 0 Å². The minimum absolute atomic E-state index is 0.0254. The highest BCUT2D eigenvalue weighted by atomic mass is 35.5. The number of benzene rings is 3. The number of carbonyl (C=O) groups is 2. The second kappa shape index (κ2) is 14.1. The first kappa shape index (κ1) is 30.7. The third-order valence-electron chi connectivity index (χ3n) is 6.56. The van der Waals surface area contributed by atoms with Crippen molar-refractivity contribution in [2.45, 2.75) is 6.42 Å². The normalized spacial score (nSPS) is 13.1. The third-order valence-corrected chi connectivity index (χ3v) is 6.96. The highest BCUT2D eigenvalue weighted by Gasteiger charge is 2.23. The van der Waals surface area contributed by atoms with Gasteiger partial charge in [0.1, 0.15) is 11.4 Å². The van der Waals surface area contributed by atoms with Crippen molar-refractivity contribution in [2.24, 2.45) is 0 Å². The Morgan fingerprint density at radius 2 is 1.76 bits per heavy atom. The lowest BCUT2D eigenvalue weighted by molar-refractivity contribution is -0.385. The molecule has 4 rings (SSSR count). The zero-order chi connectivity index (χ0) is 30.2. The van der Waals surface area contributed by atoms with Crippen LogP contribution in [0.5, 0.6) is 0 Å². The number of anilines is 4. The summed E-state index contributed by atoms with van der Waals surface area (Å²) >= 11 is 6.51. The maximum absolute atomic E-state index is 14.4. The topological polar surface area (TPSA) is 129 Å². The molecule has 0 spiro atoms. The Balaban J connectivity index is 1.50. The van der Waals surface area contributed by atoms with Crippen LogP contribution in [0.3, 0.4) is 0 Å². The molecule has 11 nitrogen and oxygen atoms in total. The standard InChI is InChI=1S/C29H32ClFN6O5/c1-35(2)10-4-9-32-20-7-8-26(37(40)41)24(18-20)29(39)34-25-6-3-5-23(27(25)30)28(38)33-21-15-19(31)16-22(17-21)36-11-13-42-14-12-36/h3,5-8,15-18,32H,4,9-14H2,1-2H3,(H,33,38)(H,34,39). The van der Waals surface area contributed by atoms with E-state index in [4.69, 9.17) is 16.3 Å². The summed E-state index contributed by atoms with van der Waals surface area (Å²) in [5.74, 6) is -1.90. The van der Waals surface area contributed by atoms with Crippen LogP contribution in [-0.2, 0) is 4.74 Å². The zero-order valence-electron chi connectivity index (χ0n) is 23.3. The number of nitro groups is 1. The SMILES string of the molecule is CN(C)CCCNc1ccc([N+](=O)[O-])c(C(=O)Nc2cccc(C(=O)Nc3cc(F)cc(N4CCOCC4)c3)c2Cl)c1. The number of rotatable bonds is 11. The number of hydrogen-bond acceptors (Lipinski definition) is 8. The minimum Gasteiger partial charge on any atom is -0.385 e. The van der Waals surface area contributed by atoms with Crippen LogP contribution < -0.4 is 20.9 Å². The van der Waals surface area contributed by atoms with Gasteiger partial charge >= 0.3 is 0 Å². The van der Waals surface area contributed by atoms with Crippen LogP contribution in [0.25, 0.3) is 0 Å². The van der Waals surface area contributed by atoms with Gasteiger partial charge in [0, 0.05) is 42.8 Å². The number of carbonyl (C=O) groups excluding carboxylic acids is 2. The largest absolute Gasteiger partial charge is 0.385 e. The van der Waals surface area contributed by atoms with Gasteiger partial charge in [-0.1, -0.05) is 17.7 Å². The number of ether oxygens (including phenoxy) is 1. The number of nitrogens with zero attached hydrogens (tertiary/aromatic N) is 3. The molecule has 0 radical (unpaired) electrons. The predicted molar refractivity (Wildman–Crippen MR) is 162 cm³/mol. The average Bonchev–Trinajstić information content (AvgIpc) is 2.96. The van der Waals surface area contributed by atoms with Crippen molar-refractivity contribution in [1.82, 2.24) is 4.90 Å². The summed E-state index contributed by atoms with van der Waals surface area (Å²) in [6.07, 6.45) is 0.833. The van der Waals surface area contributed by atoms with E-state index in [1.54, 1.807) is 12.1 Å². The first-order valence-electron chi connectivity index (χ1n) is 13.3. The zero-order valence-corrected chi connectivity index (χ0v) is 24.0. The van der Waals surface area contributed by atoms with Crippen LogP contribution in [0.1, 0.15) is 27.1 Å². The van der Waals surface area contributed by atoms with E-state index in [9.17, 15) is 24.1 Å². The fraction of sp³-hybridized carbons (Fsp3) is 0.310. The molecular formula is C29H32ClFN6O5. The summed E-state index contributed by atoms with van der Waals surface area (Å²) in [6, 6.07) is 12.9. The summed E-state index contributed by atoms with van der Waals surface area (Å²) in [7, 11) is 3.92. The van der Waals surface area contributed by atoms with E-state index < -0.39 is 22.6 Å². The molecule has 42 heavy (non-hydrogen) atoms. The predicted octanol–water partition coefficient (Wildman–Crippen LogP) is 5.09. The molecular weight excluding hydrogens is 567 g/mol. The van der Waals surface area contributed by atoms with Gasteiger partial charge in [0.15, 0.2) is 0 Å². The molecule has 0 unspecified atom stereocenters. The molecule has 1 fully saturated rings. The van der Waals surface area contributed by atoms with E-state index in [1.807, 2.05) is 23.9 Å². The maximum atomic E-state index is 14.4. The molecule has 0 aliphatic carbocycles. The molecule has 222 valence electrons. The van der Waals surface area contributed by atoms with Crippen LogP contribution in [0.15, 0.2) is 54.6 Å². The van der Waals surface area contributed by atoms with Crippen LogP contribution in [0.2, 0.25) is 5.02 Å². The molecule has 3 aromatic carbocycles. The van der Waals surface area contributed by atoms with Gasteiger partial charge in [-0.2, -0.15) is 0 Å². The maximum Gasteiger partial charge on any atom is 0.282 e. The molecule has 1 heterocycles. The molecule has 2 amide bonds. The molecule has 3 N–H and O–H groups in total. The molecule has 3 aromatic rings. The number of morpholine rings is 1. The Morgan fingerprint density at radius 1 is 1.02 bits per heavy atom. The van der Waals surface area contributed by atoms with E-state index >= 15 is 0 Å². The molecule has 1 saturated heterocycles. The second-order valence-electron chi connectivity index (χ2n) is 9.95. The minimum atomic E-state index is -0.765. The Hall–Kier alpha value is -4.26. The van der Waals surface area contributed by atoms with Gasteiger partial charge in [-0.3, -0.25) is 19.7 Å². The summed E-state index contributed by atoms with van der Waals surface area (Å²) in [6.45, 7) is 3.69. The van der Waals surface area contributed by atoms with Gasteiger partial charge in [-0.25, -0.2) is 4.39 Å². The molecule has 0 aromatic heterocycles. The van der Waals surface area contributed by atoms with Crippen LogP contribution >= 0.6 is 11.6 Å². The monoisotopic (exact) mass is 598 g/mol. The summed E-state index contributed by atoms with van der Waals surface area (Å²) in [4.78, 5) is 41.3. The van der Waals surface area contributed by atoms with Crippen molar-refractivity contribution >= 4 is 51.9 Å². The average molecular weight is 599 g/mol. The quantitative estimate of drug-likeness (QED) is 0.158. The highest BCUT2D eigenvalue weighted by Crippen LogP contribution is 2.30. The van der Waals surface area contributed by atoms with Crippen LogP contribution in [0.4, 0.5) is 32.8 Å². The van der Waals surface area contributed by atoms with E-state index in [2.05, 4.69) is 16.0 Å². The first-order chi connectivity index (χ1) is 20.1. The van der Waals surface area contributed by atoms with Crippen molar-refractivity contribution < 1.29 is 23.6 Å². The van der Waals surface area contributed by atoms with Crippen molar-refractivity contribution in [3.05, 3.63) is 86.7 Å². The lowest BCUT2D eigenvalue weighted by Gasteiger charge is -2.29. The van der Waals surface area contributed by atoms with Crippen molar-refractivity contribution in [1.29, 1.82) is 0 Å². The Kier molecular flexibility index (Phi) is 10.3. The van der Waals surface area contributed by atoms with Gasteiger partial charge in [-0.15, -0.1) is 0 Å². The van der Waals surface area contributed by atoms with Crippen LogP contribution in [0, 0.1) is 15.9 Å². The first-order valence-corrected chi connectivity index (χ1v) is 13.7. The van der Waals surface area contributed by atoms with Gasteiger partial charge < -0.3 is 30.5 Å². The number of amides is 2. The molecule has 0 atom stereocenters. The van der Waals surface area contributed by atoms with Crippen LogP contribution in [-0.4, -0.2) is 75.1 Å². The molecule has 1 aliphatic rings. The fourth-order valence-electron chi connectivity index (χ4n) is 4.46. The van der Waals surface area contributed by atoms with Gasteiger partial charge in [0.05, 0.1) is 34.4 Å². The highest BCUT2D eigenvalue weighted by molar-refractivity contribution is 6.37. The van der Waals surface area contributed by atoms with Gasteiger partial charge in [-0.05, 0) is 69.5 Å². The van der Waals surface area contributed by atoms with Gasteiger partial charge in [0.25, 0.3) is 17.5 Å². The summed E-state index contributed by atoms with van der Waals surface area (Å²) < 4.78 is 19.7. The van der Waals surface area contributed by atoms with E-state index in [-0.39, 0.29) is 33.2 Å². The molecule has 0 bridgehead atoms. The Labute approximate surface area is 247 Å². The van der Waals surface area contributed by atoms with Crippen molar-refractivity contribution in [3.8, 4) is 0 Å². The Bertz CT molecular complexity index is 1460. The number of hydrogen-bond donors (Lipinski definition) is 3. The van der Waals surface area contributed by atoms with Gasteiger partial charge in [0.2, 0.25) is 0 Å². The molecule has 13 heteroatoms. The lowest BCUT2D eigenvalue weighted by atomic mass is 10.1. The lowest BCUT2D eigenvalue weighted by Crippen LogP contribution is -2.36. The van der Waals surface area contributed by atoms with E-state index in [0.717, 1.165) is 13.0 Å². The van der Waals surface area contributed by atoms with E-state index in [1.165, 1.54) is 42.5 Å². The smallest absolute Gasteiger partial charge is 0.282 e. The summed E-state index contributed by atoms with van der Waals surface area (Å²) in [5, 5.41) is 20.0. The number of halogens is 2.